The smallest absolute Gasteiger partial charge is 0.261 e. The molecule has 0 aliphatic rings. The second-order valence-electron chi connectivity index (χ2n) is 5.18. The lowest BCUT2D eigenvalue weighted by Gasteiger charge is -2.21. The van der Waals surface area contributed by atoms with E-state index in [1.165, 1.54) is 12.1 Å². The van der Waals surface area contributed by atoms with Crippen molar-refractivity contribution in [1.82, 2.24) is 4.90 Å². The normalized spacial score (nSPS) is 10.5. The van der Waals surface area contributed by atoms with E-state index in [4.69, 9.17) is 9.15 Å². The Morgan fingerprint density at radius 3 is 2.75 bits per heavy atom. The average molecular weight is 345 g/mol. The van der Waals surface area contributed by atoms with Crippen molar-refractivity contribution in [2.75, 3.05) is 6.61 Å². The summed E-state index contributed by atoms with van der Waals surface area (Å²) in [5, 5.41) is 3.95. The summed E-state index contributed by atoms with van der Waals surface area (Å²) in [6.07, 6.45) is 1.57. The highest BCUT2D eigenvalue weighted by Gasteiger charge is 2.17. The van der Waals surface area contributed by atoms with Gasteiger partial charge in [-0.1, -0.05) is 12.1 Å². The summed E-state index contributed by atoms with van der Waals surface area (Å²) in [4.78, 5) is 14.1. The number of benzene rings is 1. The molecule has 124 valence electrons. The lowest BCUT2D eigenvalue weighted by molar-refractivity contribution is -0.135. The predicted octanol–water partition coefficient (Wildman–Crippen LogP) is 4.09. The van der Waals surface area contributed by atoms with Crippen molar-refractivity contribution in [3.05, 3.63) is 76.6 Å². The van der Waals surface area contributed by atoms with Crippen LogP contribution in [0, 0.1) is 5.82 Å². The number of ether oxygens (including phenoxy) is 1. The first-order chi connectivity index (χ1) is 11.7. The van der Waals surface area contributed by atoms with E-state index in [-0.39, 0.29) is 18.3 Å². The molecule has 0 aliphatic heterocycles. The lowest BCUT2D eigenvalue weighted by atomic mass is 10.3. The molecule has 3 rings (SSSR count). The van der Waals surface area contributed by atoms with Gasteiger partial charge < -0.3 is 14.1 Å². The number of hydrogen-bond acceptors (Lipinski definition) is 4. The second-order valence-corrected chi connectivity index (χ2v) is 5.96. The van der Waals surface area contributed by atoms with Crippen molar-refractivity contribution in [2.45, 2.75) is 13.1 Å². The Bertz CT molecular complexity index is 735. The molecule has 6 heteroatoms. The van der Waals surface area contributed by atoms with E-state index in [9.17, 15) is 9.18 Å². The Balaban J connectivity index is 1.67. The number of halogens is 1. The zero-order chi connectivity index (χ0) is 16.8. The number of carbonyl (C=O) groups excluding carboxylic acids is 1. The quantitative estimate of drug-likeness (QED) is 0.648. The SMILES string of the molecule is O=C(COc1ccccc1F)N(Cc1ccsc1)Cc1ccco1. The fourth-order valence-corrected chi connectivity index (χ4v) is 2.88. The minimum Gasteiger partial charge on any atom is -0.481 e. The summed E-state index contributed by atoms with van der Waals surface area (Å²) in [5.41, 5.74) is 1.03. The van der Waals surface area contributed by atoms with Crippen LogP contribution < -0.4 is 4.74 Å². The van der Waals surface area contributed by atoms with Crippen LogP contribution in [-0.4, -0.2) is 17.4 Å². The molecule has 0 fully saturated rings. The Morgan fingerprint density at radius 1 is 1.17 bits per heavy atom. The summed E-state index contributed by atoms with van der Waals surface area (Å²) in [7, 11) is 0. The third-order valence-electron chi connectivity index (χ3n) is 3.42. The van der Waals surface area contributed by atoms with E-state index in [1.54, 1.807) is 40.7 Å². The van der Waals surface area contributed by atoms with Crippen LogP contribution in [0.5, 0.6) is 5.75 Å². The summed E-state index contributed by atoms with van der Waals surface area (Å²) < 4.78 is 24.2. The van der Waals surface area contributed by atoms with Crippen molar-refractivity contribution in [2.24, 2.45) is 0 Å². The highest BCUT2D eigenvalue weighted by atomic mass is 32.1. The van der Waals surface area contributed by atoms with Gasteiger partial charge in [-0.05, 0) is 46.7 Å². The van der Waals surface area contributed by atoms with Gasteiger partial charge in [0.2, 0.25) is 0 Å². The highest BCUT2D eigenvalue weighted by Crippen LogP contribution is 2.17. The highest BCUT2D eigenvalue weighted by molar-refractivity contribution is 7.07. The van der Waals surface area contributed by atoms with Crippen LogP contribution in [-0.2, 0) is 17.9 Å². The Morgan fingerprint density at radius 2 is 2.04 bits per heavy atom. The number of rotatable bonds is 7. The molecular weight excluding hydrogens is 329 g/mol. The average Bonchev–Trinajstić information content (AvgIpc) is 3.27. The molecule has 0 bridgehead atoms. The van der Waals surface area contributed by atoms with Crippen LogP contribution in [0.25, 0.3) is 0 Å². The van der Waals surface area contributed by atoms with Crippen molar-refractivity contribution >= 4 is 17.2 Å². The summed E-state index contributed by atoms with van der Waals surface area (Å²) >= 11 is 1.57. The van der Waals surface area contributed by atoms with Crippen molar-refractivity contribution in [3.63, 3.8) is 0 Å². The van der Waals surface area contributed by atoms with E-state index in [2.05, 4.69) is 0 Å². The van der Waals surface area contributed by atoms with Gasteiger partial charge in [-0.25, -0.2) is 4.39 Å². The summed E-state index contributed by atoms with van der Waals surface area (Å²) in [5.74, 6) is 0.0328. The largest absolute Gasteiger partial charge is 0.481 e. The van der Waals surface area contributed by atoms with Crippen LogP contribution in [0.2, 0.25) is 0 Å². The first kappa shape index (κ1) is 16.3. The maximum Gasteiger partial charge on any atom is 0.261 e. The number of furan rings is 1. The molecule has 0 aliphatic carbocycles. The van der Waals surface area contributed by atoms with Gasteiger partial charge in [-0.3, -0.25) is 4.79 Å². The summed E-state index contributed by atoms with van der Waals surface area (Å²) in [6, 6.07) is 11.6. The molecule has 2 heterocycles. The number of amides is 1. The predicted molar refractivity (Wildman–Crippen MR) is 89.2 cm³/mol. The number of nitrogens with zero attached hydrogens (tertiary/aromatic N) is 1. The Labute approximate surface area is 143 Å². The van der Waals surface area contributed by atoms with E-state index >= 15 is 0 Å². The summed E-state index contributed by atoms with van der Waals surface area (Å²) in [6.45, 7) is 0.553. The van der Waals surface area contributed by atoms with Gasteiger partial charge in [-0.15, -0.1) is 0 Å². The number of thiophene rings is 1. The van der Waals surface area contributed by atoms with Crippen molar-refractivity contribution in [1.29, 1.82) is 0 Å². The number of hydrogen-bond donors (Lipinski definition) is 0. The Hall–Kier alpha value is -2.60. The van der Waals surface area contributed by atoms with Crippen LogP contribution in [0.15, 0.2) is 63.9 Å². The molecule has 0 saturated heterocycles. The number of para-hydroxylation sites is 1. The third kappa shape index (κ3) is 4.23. The molecule has 4 nitrogen and oxygen atoms in total. The maximum absolute atomic E-state index is 13.6. The molecule has 2 aromatic heterocycles. The van der Waals surface area contributed by atoms with Gasteiger partial charge >= 0.3 is 0 Å². The van der Waals surface area contributed by atoms with Crippen LogP contribution in [0.1, 0.15) is 11.3 Å². The van der Waals surface area contributed by atoms with Gasteiger partial charge in [0.25, 0.3) is 5.91 Å². The minimum atomic E-state index is -0.485. The Kier molecular flexibility index (Phi) is 5.28. The molecule has 24 heavy (non-hydrogen) atoms. The first-order valence-corrected chi connectivity index (χ1v) is 8.35. The fraction of sp³-hybridized carbons (Fsp3) is 0.167. The third-order valence-corrected chi connectivity index (χ3v) is 4.15. The van der Waals surface area contributed by atoms with E-state index in [1.807, 2.05) is 22.9 Å². The van der Waals surface area contributed by atoms with E-state index in [0.717, 1.165) is 5.56 Å². The topological polar surface area (TPSA) is 42.7 Å². The molecule has 0 spiro atoms. The van der Waals surface area contributed by atoms with Gasteiger partial charge in [0, 0.05) is 6.54 Å². The van der Waals surface area contributed by atoms with E-state index < -0.39 is 5.82 Å². The molecule has 0 N–H and O–H groups in total. The molecule has 0 unspecified atom stereocenters. The molecule has 1 amide bonds. The molecule has 0 radical (unpaired) electrons. The maximum atomic E-state index is 13.6. The zero-order valence-electron chi connectivity index (χ0n) is 12.9. The minimum absolute atomic E-state index is 0.0688. The van der Waals surface area contributed by atoms with Gasteiger partial charge in [-0.2, -0.15) is 11.3 Å². The molecule has 1 aromatic carbocycles. The molecular formula is C18H16FNO3S. The van der Waals surface area contributed by atoms with Gasteiger partial charge in [0.15, 0.2) is 18.2 Å². The van der Waals surface area contributed by atoms with Gasteiger partial charge in [0.1, 0.15) is 5.76 Å². The van der Waals surface area contributed by atoms with Crippen molar-refractivity contribution in [3.8, 4) is 5.75 Å². The molecule has 3 aromatic rings. The number of carbonyl (C=O) groups is 1. The second kappa shape index (κ2) is 7.79. The van der Waals surface area contributed by atoms with Crippen LogP contribution in [0.3, 0.4) is 0 Å². The van der Waals surface area contributed by atoms with Gasteiger partial charge in [0.05, 0.1) is 12.8 Å². The fourth-order valence-electron chi connectivity index (χ4n) is 2.22. The molecule has 0 atom stereocenters. The van der Waals surface area contributed by atoms with E-state index in [0.29, 0.717) is 18.8 Å². The van der Waals surface area contributed by atoms with Crippen molar-refractivity contribution < 1.29 is 18.3 Å². The lowest BCUT2D eigenvalue weighted by Crippen LogP contribution is -2.34. The standard InChI is InChI=1S/C18H16FNO3S/c19-16-5-1-2-6-17(16)23-12-18(21)20(10-14-7-9-24-13-14)11-15-4-3-8-22-15/h1-9,13H,10-12H2. The monoisotopic (exact) mass is 345 g/mol. The zero-order valence-corrected chi connectivity index (χ0v) is 13.7. The van der Waals surface area contributed by atoms with Crippen LogP contribution in [0.4, 0.5) is 4.39 Å². The first-order valence-electron chi connectivity index (χ1n) is 7.41. The van der Waals surface area contributed by atoms with Crippen LogP contribution >= 0.6 is 11.3 Å². The molecule has 0 saturated carbocycles.